The van der Waals surface area contributed by atoms with Crippen molar-refractivity contribution in [2.75, 3.05) is 27.4 Å². The second kappa shape index (κ2) is 29.4. The molecule has 0 spiro atoms. The van der Waals surface area contributed by atoms with Gasteiger partial charge < -0.3 is 40.8 Å². The molecule has 0 N–H and O–H groups in total. The van der Waals surface area contributed by atoms with Gasteiger partial charge in [-0.15, -0.1) is 6.42 Å². The first-order valence-corrected chi connectivity index (χ1v) is 7.44. The number of rotatable bonds is 6. The van der Waals surface area contributed by atoms with Gasteiger partial charge >= 0.3 is 21.1 Å². The summed E-state index contributed by atoms with van der Waals surface area (Å²) in [6.07, 6.45) is 4.60. The first kappa shape index (κ1) is 40.3. The Bertz CT molecular complexity index is 280. The molecule has 1 rings (SSSR count). The van der Waals surface area contributed by atoms with Crippen molar-refractivity contribution in [3.8, 4) is 0 Å². The minimum atomic E-state index is 0. The Kier molecular flexibility index (Phi) is 47.4. The molecule has 0 heterocycles. The molecule has 1 fully saturated rings. The van der Waals surface area contributed by atoms with Gasteiger partial charge in [-0.1, -0.05) is 25.6 Å². The number of hydrogen-bond acceptors (Lipinski definition) is 4. The van der Waals surface area contributed by atoms with Crippen LogP contribution in [0.15, 0.2) is 0 Å². The fraction of sp³-hybridized carbons (Fsp3) is 0.722. The number of carbonyl (C=O) groups is 2. The molecule has 2 unspecified atom stereocenters. The van der Waals surface area contributed by atoms with E-state index in [2.05, 4.69) is 11.7 Å². The molecular weight excluding hydrogens is 526 g/mol. The molecule has 0 aromatic carbocycles. The zero-order chi connectivity index (χ0) is 16.7. The summed E-state index contributed by atoms with van der Waals surface area (Å²) in [4.78, 5) is 20.0. The number of Topliss-reactive ketones (excluding diaryl/α,β-unsaturated/α-hetero) is 2. The van der Waals surface area contributed by atoms with Gasteiger partial charge in [0.25, 0.3) is 0 Å². The van der Waals surface area contributed by atoms with Crippen molar-refractivity contribution >= 4 is 19.4 Å². The minimum Gasteiger partial charge on any atom is -0.384 e. The molecule has 147 valence electrons. The summed E-state index contributed by atoms with van der Waals surface area (Å²) >= 11 is 0. The van der Waals surface area contributed by atoms with E-state index in [1.807, 2.05) is 6.92 Å². The van der Waals surface area contributed by atoms with Crippen LogP contribution in [0.5, 0.6) is 0 Å². The molecule has 0 aromatic rings. The van der Waals surface area contributed by atoms with E-state index in [4.69, 9.17) is 12.6 Å². The van der Waals surface area contributed by atoms with Gasteiger partial charge in [0.1, 0.15) is 18.2 Å². The molecule has 2 atom stereocenters. The second-order valence-corrected chi connectivity index (χ2v) is 5.17. The van der Waals surface area contributed by atoms with Gasteiger partial charge in [0.05, 0.1) is 7.85 Å². The van der Waals surface area contributed by atoms with Gasteiger partial charge in [-0.05, 0) is 19.3 Å². The summed E-state index contributed by atoms with van der Waals surface area (Å²) < 4.78 is 9.52. The van der Waals surface area contributed by atoms with E-state index in [0.29, 0.717) is 18.7 Å². The van der Waals surface area contributed by atoms with E-state index < -0.39 is 0 Å². The van der Waals surface area contributed by atoms with Gasteiger partial charge in [0, 0.05) is 45.8 Å². The molecule has 4 nitrogen and oxygen atoms in total. The Labute approximate surface area is 184 Å². The summed E-state index contributed by atoms with van der Waals surface area (Å²) in [6.45, 7) is 7.90. The van der Waals surface area contributed by atoms with Crippen LogP contribution in [-0.4, -0.2) is 46.8 Å². The van der Waals surface area contributed by atoms with E-state index in [1.165, 1.54) is 20.0 Å². The van der Waals surface area contributed by atoms with Crippen LogP contribution in [0.1, 0.15) is 46.0 Å². The minimum absolute atomic E-state index is 0. The van der Waals surface area contributed by atoms with Gasteiger partial charge in [0.15, 0.2) is 0 Å². The van der Waals surface area contributed by atoms with Crippen molar-refractivity contribution in [3.05, 3.63) is 21.8 Å². The van der Waals surface area contributed by atoms with E-state index in [1.54, 1.807) is 14.0 Å². The largest absolute Gasteiger partial charge is 2.00 e. The molecule has 3 radical (unpaired) electrons. The molecule has 1 aliphatic rings. The van der Waals surface area contributed by atoms with Gasteiger partial charge in [0.2, 0.25) is 0 Å². The Morgan fingerprint density at radius 2 is 1.64 bits per heavy atom. The van der Waals surface area contributed by atoms with E-state index >= 15 is 0 Å². The topological polar surface area (TPSA) is 52.6 Å². The molecule has 0 bridgehead atoms. The monoisotopic (exact) mass is 562 g/mol. The smallest absolute Gasteiger partial charge is 0.384 e. The fourth-order valence-electron chi connectivity index (χ4n) is 1.73. The standard InChI is InChI=1S/C7H13BO.C5H9O2.C4H8O.2CH3.V.W/c1-9-5-6-2-3-7(8)4-6;1-3-5(6)4-7-2;1-3-4(2)5;;;;/h6-7H,2-5H2,1H3;1,3-4H2,2H3;3H2,1-2H3;2*1H3;;/q;-1;;2*-1;;+2. The van der Waals surface area contributed by atoms with Crippen LogP contribution < -0.4 is 0 Å². The summed E-state index contributed by atoms with van der Waals surface area (Å²) in [7, 11) is 8.95. The predicted octanol–water partition coefficient (Wildman–Crippen LogP) is 3.70. The third-order valence-electron chi connectivity index (χ3n) is 3.07. The van der Waals surface area contributed by atoms with Crippen molar-refractivity contribution in [1.29, 1.82) is 0 Å². The second-order valence-electron chi connectivity index (χ2n) is 5.17. The summed E-state index contributed by atoms with van der Waals surface area (Å²) in [6, 6.07) is 0. The molecule has 1 saturated carbocycles. The number of hydrogen-bond donors (Lipinski definition) is 0. The maximum atomic E-state index is 10.2. The van der Waals surface area contributed by atoms with Crippen LogP contribution in [0.2, 0.25) is 5.82 Å². The average molecular weight is 562 g/mol. The normalized spacial score (nSPS) is 16.7. The van der Waals surface area contributed by atoms with E-state index in [-0.39, 0.29) is 72.6 Å². The molecule has 0 amide bonds. The van der Waals surface area contributed by atoms with Crippen molar-refractivity contribution in [2.24, 2.45) is 5.92 Å². The van der Waals surface area contributed by atoms with E-state index in [0.717, 1.165) is 18.9 Å². The maximum absolute atomic E-state index is 10.2. The predicted molar refractivity (Wildman–Crippen MR) is 99.4 cm³/mol. The van der Waals surface area contributed by atoms with Crippen LogP contribution in [0, 0.1) is 27.7 Å². The van der Waals surface area contributed by atoms with Crippen LogP contribution in [-0.2, 0) is 58.7 Å². The van der Waals surface area contributed by atoms with Crippen molar-refractivity contribution in [1.82, 2.24) is 0 Å². The molecule has 0 aromatic heterocycles. The van der Waals surface area contributed by atoms with Crippen LogP contribution in [0.3, 0.4) is 0 Å². The Balaban J connectivity index is -0.0000000521. The first-order chi connectivity index (χ1) is 9.90. The average Bonchev–Trinajstić information content (AvgIpc) is 2.86. The zero-order valence-electron chi connectivity index (χ0n) is 16.9. The quantitative estimate of drug-likeness (QED) is 0.367. The molecule has 7 heteroatoms. The fourth-order valence-corrected chi connectivity index (χ4v) is 1.73. The third-order valence-corrected chi connectivity index (χ3v) is 3.07. The Hall–Kier alpha value is 0.598. The Morgan fingerprint density at radius 3 is 1.84 bits per heavy atom. The number of ketones is 2. The number of ether oxygens (including phenoxy) is 2. The van der Waals surface area contributed by atoms with Gasteiger partial charge in [-0.3, -0.25) is 0 Å². The van der Waals surface area contributed by atoms with Gasteiger partial charge in [-0.2, -0.15) is 0 Å². The Morgan fingerprint density at radius 1 is 1.16 bits per heavy atom. The third kappa shape index (κ3) is 32.7. The number of carbonyl (C=O) groups excluding carboxylic acids is 2. The molecule has 1 aliphatic carbocycles. The van der Waals surface area contributed by atoms with Crippen molar-refractivity contribution < 1.29 is 58.7 Å². The van der Waals surface area contributed by atoms with Gasteiger partial charge in [-0.25, -0.2) is 0 Å². The number of methoxy groups -OCH3 is 2. The van der Waals surface area contributed by atoms with Crippen LogP contribution in [0.25, 0.3) is 0 Å². The van der Waals surface area contributed by atoms with Crippen molar-refractivity contribution in [2.45, 2.75) is 51.8 Å². The zero-order valence-corrected chi connectivity index (χ0v) is 21.2. The maximum Gasteiger partial charge on any atom is 2.00 e. The summed E-state index contributed by atoms with van der Waals surface area (Å²) in [5.74, 6) is 1.49. The molecule has 0 aliphatic heterocycles. The van der Waals surface area contributed by atoms with Crippen LogP contribution in [0.4, 0.5) is 0 Å². The van der Waals surface area contributed by atoms with E-state index in [9.17, 15) is 9.59 Å². The summed E-state index contributed by atoms with van der Waals surface area (Å²) in [5.41, 5.74) is 0. The van der Waals surface area contributed by atoms with Crippen LogP contribution >= 0.6 is 0 Å². The SMILES string of the molecule is CCC(C)=O.[B]C1CCC(COC)C1.[CH2-]CC(=O)COC.[CH3-].[CH3-].[V].[W+2]. The summed E-state index contributed by atoms with van der Waals surface area (Å²) in [5, 5.41) is 0. The molecule has 0 saturated heterocycles. The molecule has 25 heavy (non-hydrogen) atoms. The van der Waals surface area contributed by atoms with Crippen molar-refractivity contribution in [3.63, 3.8) is 0 Å². The first-order valence-electron chi connectivity index (χ1n) is 7.44. The molecular formula is C18H36BO4VW-.